The highest BCUT2D eigenvalue weighted by atomic mass is 127. The van der Waals surface area contributed by atoms with Gasteiger partial charge in [-0.1, -0.05) is 49.6 Å². The Morgan fingerprint density at radius 1 is 1.17 bits per heavy atom. The van der Waals surface area contributed by atoms with Crippen molar-refractivity contribution in [3.8, 4) is 0 Å². The average molecular weight is 528 g/mol. The van der Waals surface area contributed by atoms with E-state index in [9.17, 15) is 4.79 Å². The normalized spacial score (nSPS) is 20.0. The van der Waals surface area contributed by atoms with E-state index in [4.69, 9.17) is 4.74 Å². The summed E-state index contributed by atoms with van der Waals surface area (Å²) in [6.07, 6.45) is 7.36. The van der Waals surface area contributed by atoms with Gasteiger partial charge in [-0.05, 0) is 24.8 Å². The Morgan fingerprint density at radius 2 is 1.90 bits per heavy atom. The van der Waals surface area contributed by atoms with Gasteiger partial charge in [0.2, 0.25) is 5.91 Å². The molecule has 1 saturated heterocycles. The average Bonchev–Trinajstić information content (AvgIpc) is 3.21. The fourth-order valence-electron chi connectivity index (χ4n) is 4.03. The van der Waals surface area contributed by atoms with E-state index >= 15 is 0 Å². The zero-order valence-corrected chi connectivity index (χ0v) is 20.7. The third-order valence-electron chi connectivity index (χ3n) is 5.85. The second-order valence-corrected chi connectivity index (χ2v) is 8.51. The lowest BCUT2D eigenvalue weighted by molar-refractivity contribution is -0.127. The molecule has 1 saturated carbocycles. The molecule has 2 aliphatic rings. The van der Waals surface area contributed by atoms with E-state index in [1.165, 1.54) is 37.7 Å². The lowest BCUT2D eigenvalue weighted by Crippen LogP contribution is -2.46. The van der Waals surface area contributed by atoms with Crippen LogP contribution in [0.1, 0.15) is 44.1 Å². The van der Waals surface area contributed by atoms with E-state index in [1.54, 1.807) is 19.0 Å². The number of nitrogens with one attached hydrogen (secondary N) is 1. The van der Waals surface area contributed by atoms with E-state index in [1.807, 2.05) is 18.2 Å². The smallest absolute Gasteiger partial charge is 0.243 e. The van der Waals surface area contributed by atoms with Crippen LogP contribution < -0.4 is 5.32 Å². The second-order valence-electron chi connectivity index (χ2n) is 8.51. The number of hydrogen-bond acceptors (Lipinski definition) is 3. The zero-order valence-electron chi connectivity index (χ0n) is 18.4. The summed E-state index contributed by atoms with van der Waals surface area (Å²) in [5.41, 5.74) is 1.21. The number of hydrogen-bond donors (Lipinski definition) is 1. The maximum atomic E-state index is 12.0. The number of nitrogens with zero attached hydrogens (tertiary/aromatic N) is 3. The summed E-state index contributed by atoms with van der Waals surface area (Å²) in [7, 11) is 3.56. The number of ether oxygens (including phenoxy) is 1. The van der Waals surface area contributed by atoms with E-state index in [-0.39, 0.29) is 36.4 Å². The maximum absolute atomic E-state index is 12.0. The first-order valence-electron chi connectivity index (χ1n) is 11.0. The van der Waals surface area contributed by atoms with Crippen molar-refractivity contribution in [3.05, 3.63) is 35.9 Å². The molecule has 0 spiro atoms. The minimum Gasteiger partial charge on any atom is -0.376 e. The number of rotatable bonds is 7. The molecule has 0 bridgehead atoms. The molecule has 1 heterocycles. The number of benzene rings is 1. The van der Waals surface area contributed by atoms with Gasteiger partial charge < -0.3 is 19.9 Å². The van der Waals surface area contributed by atoms with Crippen LogP contribution in [0.3, 0.4) is 0 Å². The second kappa shape index (κ2) is 13.1. The van der Waals surface area contributed by atoms with Crippen molar-refractivity contribution in [1.29, 1.82) is 0 Å². The Bertz CT molecular complexity index is 662. The van der Waals surface area contributed by atoms with Gasteiger partial charge in [-0.3, -0.25) is 4.79 Å². The monoisotopic (exact) mass is 528 g/mol. The third-order valence-corrected chi connectivity index (χ3v) is 5.85. The molecular formula is C23H37IN4O2. The van der Waals surface area contributed by atoms with Crippen LogP contribution in [0.4, 0.5) is 0 Å². The molecular weight excluding hydrogens is 491 g/mol. The summed E-state index contributed by atoms with van der Waals surface area (Å²) < 4.78 is 5.96. The van der Waals surface area contributed by atoms with Gasteiger partial charge >= 0.3 is 0 Å². The Hall–Kier alpha value is -1.35. The van der Waals surface area contributed by atoms with Crippen molar-refractivity contribution in [1.82, 2.24) is 15.1 Å². The predicted octanol–water partition coefficient (Wildman–Crippen LogP) is 3.51. The number of likely N-dealkylation sites (tertiary alicyclic amines) is 1. The molecule has 1 N–H and O–H groups in total. The fraction of sp³-hybridized carbons (Fsp3) is 0.652. The number of carbonyl (C=O) groups excluding carboxylic acids is 1. The summed E-state index contributed by atoms with van der Waals surface area (Å²) in [5.74, 6) is 1.44. The van der Waals surface area contributed by atoms with Crippen molar-refractivity contribution < 1.29 is 9.53 Å². The zero-order chi connectivity index (χ0) is 20.5. The van der Waals surface area contributed by atoms with Gasteiger partial charge in [0, 0.05) is 39.1 Å². The van der Waals surface area contributed by atoms with Gasteiger partial charge in [0.1, 0.15) is 6.54 Å². The third kappa shape index (κ3) is 8.06. The first-order valence-corrected chi connectivity index (χ1v) is 11.0. The molecule has 168 valence electrons. The fourth-order valence-corrected chi connectivity index (χ4v) is 4.03. The van der Waals surface area contributed by atoms with Crippen molar-refractivity contribution in [2.45, 2.75) is 51.2 Å². The highest BCUT2D eigenvalue weighted by Gasteiger charge is 2.27. The Balaban J connectivity index is 0.00000320. The molecule has 3 rings (SSSR count). The molecule has 7 heteroatoms. The topological polar surface area (TPSA) is 57.2 Å². The number of amides is 1. The minimum absolute atomic E-state index is 0. The van der Waals surface area contributed by atoms with Crippen LogP contribution in [0, 0.1) is 5.92 Å². The van der Waals surface area contributed by atoms with Gasteiger partial charge in [0.15, 0.2) is 5.96 Å². The standard InChI is InChI=1S/C23H36N4O2.HI/c1-26(2)22(28)15-24-23(25-21-11-7-4-8-12-21)27-14-13-20(16-27)18-29-17-19-9-5-3-6-10-19;/h3,5-6,9-10,20-21H,4,7-8,11-18H2,1-2H3,(H,24,25);1H. The van der Waals surface area contributed by atoms with Gasteiger partial charge in [0.05, 0.1) is 13.2 Å². The van der Waals surface area contributed by atoms with E-state index in [0.29, 0.717) is 18.6 Å². The van der Waals surface area contributed by atoms with E-state index in [2.05, 4.69) is 27.3 Å². The van der Waals surface area contributed by atoms with Gasteiger partial charge in [-0.15, -0.1) is 24.0 Å². The van der Waals surface area contributed by atoms with Gasteiger partial charge in [0.25, 0.3) is 0 Å². The first kappa shape index (κ1) is 24.9. The predicted molar refractivity (Wildman–Crippen MR) is 132 cm³/mol. The lowest BCUT2D eigenvalue weighted by Gasteiger charge is -2.29. The molecule has 1 atom stereocenters. The molecule has 1 amide bonds. The summed E-state index contributed by atoms with van der Waals surface area (Å²) >= 11 is 0. The number of halogens is 1. The molecule has 1 aromatic carbocycles. The van der Waals surface area contributed by atoms with Crippen LogP contribution in [0.5, 0.6) is 0 Å². The Morgan fingerprint density at radius 3 is 2.60 bits per heavy atom. The molecule has 1 aromatic rings. The molecule has 6 nitrogen and oxygen atoms in total. The largest absolute Gasteiger partial charge is 0.376 e. The van der Waals surface area contributed by atoms with E-state index < -0.39 is 0 Å². The summed E-state index contributed by atoms with van der Waals surface area (Å²) in [5, 5.41) is 3.66. The van der Waals surface area contributed by atoms with Crippen molar-refractivity contribution >= 4 is 35.8 Å². The van der Waals surface area contributed by atoms with Crippen LogP contribution >= 0.6 is 24.0 Å². The first-order chi connectivity index (χ1) is 14.1. The SMILES string of the molecule is CN(C)C(=O)CN=C(NC1CCCCC1)N1CCC(COCc2ccccc2)C1.I. The minimum atomic E-state index is 0. The number of guanidine groups is 1. The van der Waals surface area contributed by atoms with Crippen LogP contribution in [-0.2, 0) is 16.1 Å². The van der Waals surface area contributed by atoms with Gasteiger partial charge in [-0.2, -0.15) is 0 Å². The molecule has 1 aliphatic carbocycles. The van der Waals surface area contributed by atoms with Crippen molar-refractivity contribution in [3.63, 3.8) is 0 Å². The molecule has 2 fully saturated rings. The molecule has 1 aliphatic heterocycles. The van der Waals surface area contributed by atoms with Gasteiger partial charge in [-0.25, -0.2) is 4.99 Å². The van der Waals surface area contributed by atoms with Crippen LogP contribution in [0.25, 0.3) is 0 Å². The number of carbonyl (C=O) groups is 1. The Labute approximate surface area is 198 Å². The Kier molecular flexibility index (Phi) is 10.9. The summed E-state index contributed by atoms with van der Waals surface area (Å²) in [6.45, 7) is 3.53. The molecule has 0 aromatic heterocycles. The van der Waals surface area contributed by atoms with Crippen molar-refractivity contribution in [2.75, 3.05) is 40.3 Å². The number of likely N-dealkylation sites (N-methyl/N-ethyl adjacent to an activating group) is 1. The highest BCUT2D eigenvalue weighted by Crippen LogP contribution is 2.20. The lowest BCUT2D eigenvalue weighted by atomic mass is 9.96. The molecule has 30 heavy (non-hydrogen) atoms. The highest BCUT2D eigenvalue weighted by molar-refractivity contribution is 14.0. The van der Waals surface area contributed by atoms with E-state index in [0.717, 1.165) is 32.1 Å². The van der Waals surface area contributed by atoms with Crippen LogP contribution in [0.2, 0.25) is 0 Å². The maximum Gasteiger partial charge on any atom is 0.243 e. The van der Waals surface area contributed by atoms with Crippen LogP contribution in [-0.4, -0.2) is 68.0 Å². The molecule has 0 radical (unpaired) electrons. The quantitative estimate of drug-likeness (QED) is 0.335. The molecule has 1 unspecified atom stereocenters. The summed E-state index contributed by atoms with van der Waals surface area (Å²) in [4.78, 5) is 20.6. The van der Waals surface area contributed by atoms with Crippen molar-refractivity contribution in [2.24, 2.45) is 10.9 Å². The van der Waals surface area contributed by atoms with Crippen LogP contribution in [0.15, 0.2) is 35.3 Å². The summed E-state index contributed by atoms with van der Waals surface area (Å²) in [6, 6.07) is 10.8. The number of aliphatic imine (C=N–C) groups is 1.